The lowest BCUT2D eigenvalue weighted by Crippen LogP contribution is -2.17. The maximum absolute atomic E-state index is 6.40. The van der Waals surface area contributed by atoms with Gasteiger partial charge in [-0.1, -0.05) is 86.1 Å². The lowest BCUT2D eigenvalue weighted by Gasteiger charge is -2.19. The monoisotopic (exact) mass is 428 g/mol. The highest BCUT2D eigenvalue weighted by Gasteiger charge is 2.26. The van der Waals surface area contributed by atoms with Gasteiger partial charge in [-0.3, -0.25) is 0 Å². The van der Waals surface area contributed by atoms with Crippen LogP contribution in [-0.4, -0.2) is 20.9 Å². The number of nitrogens with one attached hydrogen (secondary N) is 1. The normalized spacial score (nSPS) is 14.8. The van der Waals surface area contributed by atoms with E-state index in [9.17, 15) is 0 Å². The number of hydrogen-bond acceptors (Lipinski definition) is 6. The minimum atomic E-state index is -0.373. The molecule has 0 radical (unpaired) electrons. The fraction of sp³-hybridized carbons (Fsp3) is 0.240. The van der Waals surface area contributed by atoms with Crippen LogP contribution in [0.25, 0.3) is 22.0 Å². The van der Waals surface area contributed by atoms with Crippen molar-refractivity contribution < 1.29 is 4.74 Å². The van der Waals surface area contributed by atoms with Gasteiger partial charge in [-0.05, 0) is 29.3 Å². The molecule has 1 aromatic heterocycles. The summed E-state index contributed by atoms with van der Waals surface area (Å²) in [4.78, 5) is 4.73. The van der Waals surface area contributed by atoms with Crippen LogP contribution in [0, 0.1) is 0 Å². The molecule has 1 N–H and O–H groups in total. The molecule has 0 fully saturated rings. The maximum Gasteiger partial charge on any atom is 0.247 e. The molecule has 0 saturated carbocycles. The van der Waals surface area contributed by atoms with Gasteiger partial charge in [-0.25, -0.2) is 0 Å². The molecule has 0 aliphatic carbocycles. The first-order valence-corrected chi connectivity index (χ1v) is 11.7. The molecule has 4 aromatic rings. The summed E-state index contributed by atoms with van der Waals surface area (Å²) < 4.78 is 6.40. The number of aromatic nitrogens is 3. The molecule has 0 amide bonds. The number of thioether (sulfide) groups is 1. The van der Waals surface area contributed by atoms with E-state index < -0.39 is 0 Å². The van der Waals surface area contributed by atoms with Gasteiger partial charge in [0.2, 0.25) is 11.0 Å². The van der Waals surface area contributed by atoms with Crippen molar-refractivity contribution in [1.82, 2.24) is 15.2 Å². The van der Waals surface area contributed by atoms with Crippen molar-refractivity contribution in [2.45, 2.75) is 37.6 Å². The number of benzene rings is 3. The first-order valence-electron chi connectivity index (χ1n) is 10.7. The second-order valence-corrected chi connectivity index (χ2v) is 8.66. The highest BCUT2D eigenvalue weighted by Crippen LogP contribution is 2.39. The molecule has 156 valence electrons. The quantitative estimate of drug-likeness (QED) is 0.280. The van der Waals surface area contributed by atoms with Crippen molar-refractivity contribution in [3.8, 4) is 17.1 Å². The van der Waals surface area contributed by atoms with E-state index in [0.29, 0.717) is 16.7 Å². The number of unbranched alkanes of at least 4 members (excludes halogenated alkanes) is 2. The van der Waals surface area contributed by atoms with Crippen LogP contribution in [0.5, 0.6) is 5.88 Å². The van der Waals surface area contributed by atoms with E-state index in [1.165, 1.54) is 23.6 Å². The van der Waals surface area contributed by atoms with Crippen LogP contribution < -0.4 is 10.1 Å². The average molecular weight is 429 g/mol. The number of nitrogens with zero attached hydrogens (tertiary/aromatic N) is 3. The summed E-state index contributed by atoms with van der Waals surface area (Å²) in [6, 6.07) is 22.8. The third kappa shape index (κ3) is 4.21. The Hall–Kier alpha value is -3.12. The summed E-state index contributed by atoms with van der Waals surface area (Å²) in [5.74, 6) is 1.50. The van der Waals surface area contributed by atoms with E-state index in [1.807, 2.05) is 24.3 Å². The van der Waals surface area contributed by atoms with E-state index in [1.54, 1.807) is 11.8 Å². The fourth-order valence-corrected chi connectivity index (χ4v) is 4.52. The van der Waals surface area contributed by atoms with Gasteiger partial charge < -0.3 is 10.1 Å². The molecule has 1 atom stereocenters. The van der Waals surface area contributed by atoms with Gasteiger partial charge in [0.1, 0.15) is 0 Å². The molecule has 1 aliphatic heterocycles. The topological polar surface area (TPSA) is 59.9 Å². The molecule has 5 rings (SSSR count). The summed E-state index contributed by atoms with van der Waals surface area (Å²) >= 11 is 1.64. The number of fused-ring (bicyclic) bond motifs is 4. The Bertz CT molecular complexity index is 1210. The molecule has 0 unspecified atom stereocenters. The Balaban J connectivity index is 1.51. The van der Waals surface area contributed by atoms with Crippen LogP contribution in [0.1, 0.15) is 38.0 Å². The number of hydrogen-bond donors (Lipinski definition) is 1. The third-order valence-electron chi connectivity index (χ3n) is 5.39. The smallest absolute Gasteiger partial charge is 0.247 e. The van der Waals surface area contributed by atoms with Crippen molar-refractivity contribution in [2.24, 2.45) is 0 Å². The molecule has 5 nitrogen and oxygen atoms in total. The van der Waals surface area contributed by atoms with Gasteiger partial charge in [0.15, 0.2) is 11.9 Å². The van der Waals surface area contributed by atoms with E-state index in [-0.39, 0.29) is 6.23 Å². The van der Waals surface area contributed by atoms with Crippen LogP contribution in [0.2, 0.25) is 0 Å². The minimum absolute atomic E-state index is 0.373. The fourth-order valence-electron chi connectivity index (χ4n) is 3.75. The zero-order chi connectivity index (χ0) is 21.0. The van der Waals surface area contributed by atoms with Crippen LogP contribution in [0.3, 0.4) is 0 Å². The molecule has 1 aliphatic rings. The lowest BCUT2D eigenvalue weighted by molar-refractivity contribution is 0.225. The Morgan fingerprint density at radius 2 is 1.77 bits per heavy atom. The predicted octanol–water partition coefficient (Wildman–Crippen LogP) is 6.48. The number of anilines is 1. The van der Waals surface area contributed by atoms with Crippen molar-refractivity contribution in [3.05, 3.63) is 72.3 Å². The molecule has 3 aromatic carbocycles. The number of rotatable bonds is 6. The molecule has 0 bridgehead atoms. The van der Waals surface area contributed by atoms with Gasteiger partial charge in [0, 0.05) is 22.6 Å². The van der Waals surface area contributed by atoms with Crippen molar-refractivity contribution in [3.63, 3.8) is 0 Å². The Morgan fingerprint density at radius 1 is 0.935 bits per heavy atom. The summed E-state index contributed by atoms with van der Waals surface area (Å²) in [6.07, 6.45) is 3.18. The van der Waals surface area contributed by atoms with Crippen LogP contribution >= 0.6 is 11.8 Å². The second-order valence-electron chi connectivity index (χ2n) is 7.60. The molecule has 2 heterocycles. The Morgan fingerprint density at radius 3 is 2.68 bits per heavy atom. The lowest BCUT2D eigenvalue weighted by atomic mass is 10.1. The van der Waals surface area contributed by atoms with Crippen molar-refractivity contribution >= 4 is 28.2 Å². The van der Waals surface area contributed by atoms with Crippen LogP contribution in [0.15, 0.2) is 71.9 Å². The average Bonchev–Trinajstić information content (AvgIpc) is 2.98. The summed E-state index contributed by atoms with van der Waals surface area (Å²) in [6.45, 7) is 2.20. The highest BCUT2D eigenvalue weighted by atomic mass is 32.2. The van der Waals surface area contributed by atoms with Gasteiger partial charge in [-0.15, -0.1) is 10.2 Å². The van der Waals surface area contributed by atoms with Gasteiger partial charge in [0.25, 0.3) is 0 Å². The first-order chi connectivity index (χ1) is 15.3. The molecular formula is C25H24N4OS. The zero-order valence-corrected chi connectivity index (χ0v) is 18.2. The van der Waals surface area contributed by atoms with Gasteiger partial charge in [-0.2, -0.15) is 4.98 Å². The maximum atomic E-state index is 6.40. The molecule has 0 saturated heterocycles. The summed E-state index contributed by atoms with van der Waals surface area (Å²) in [5, 5.41) is 15.4. The van der Waals surface area contributed by atoms with E-state index in [0.717, 1.165) is 29.0 Å². The van der Waals surface area contributed by atoms with Gasteiger partial charge >= 0.3 is 0 Å². The summed E-state index contributed by atoms with van der Waals surface area (Å²) in [5.41, 5.74) is 3.61. The van der Waals surface area contributed by atoms with Crippen LogP contribution in [-0.2, 0) is 0 Å². The van der Waals surface area contributed by atoms with Crippen molar-refractivity contribution in [1.29, 1.82) is 0 Å². The molecule has 31 heavy (non-hydrogen) atoms. The van der Waals surface area contributed by atoms with E-state index in [4.69, 9.17) is 9.72 Å². The van der Waals surface area contributed by atoms with E-state index in [2.05, 4.69) is 64.9 Å². The Labute approximate surface area is 186 Å². The molecule has 6 heteroatoms. The molecule has 0 spiro atoms. The third-order valence-corrected chi connectivity index (χ3v) is 6.31. The molecular weight excluding hydrogens is 404 g/mol. The SMILES string of the molecule is CCCCCSc1nnc2c(n1)O[C@H](c1ccc3ccccc3c1)Nc1ccccc1-2. The largest absolute Gasteiger partial charge is 0.448 e. The standard InChI is InChI=1S/C25H24N4OS/c1-2-3-8-15-31-25-27-24-22(28-29-25)20-11-6-7-12-21(20)26-23(30-24)19-14-13-17-9-4-5-10-18(17)16-19/h4-7,9-14,16,23,26H,2-3,8,15H2,1H3/t23-/m1/s1. The van der Waals surface area contributed by atoms with Crippen molar-refractivity contribution in [2.75, 3.05) is 11.1 Å². The van der Waals surface area contributed by atoms with Gasteiger partial charge in [0.05, 0.1) is 0 Å². The number of para-hydroxylation sites is 1. The number of ether oxygens (including phenoxy) is 1. The minimum Gasteiger partial charge on any atom is -0.448 e. The van der Waals surface area contributed by atoms with Crippen LogP contribution in [0.4, 0.5) is 5.69 Å². The predicted molar refractivity (Wildman–Crippen MR) is 126 cm³/mol. The zero-order valence-electron chi connectivity index (χ0n) is 17.4. The second kappa shape index (κ2) is 8.94. The van der Waals surface area contributed by atoms with E-state index >= 15 is 0 Å². The Kier molecular flexibility index (Phi) is 5.71. The summed E-state index contributed by atoms with van der Waals surface area (Å²) in [7, 11) is 0. The first kappa shape index (κ1) is 19.8. The highest BCUT2D eigenvalue weighted by molar-refractivity contribution is 7.99.